The monoisotopic (exact) mass is 309 g/mol. The molecule has 0 radical (unpaired) electrons. The summed E-state index contributed by atoms with van der Waals surface area (Å²) >= 11 is 6.01. The lowest BCUT2D eigenvalue weighted by molar-refractivity contribution is -0.0551. The van der Waals surface area contributed by atoms with Crippen LogP contribution in [-0.2, 0) is 0 Å². The number of likely N-dealkylation sites (tertiary alicyclic amines) is 1. The molecule has 1 N–H and O–H groups in total. The van der Waals surface area contributed by atoms with Gasteiger partial charge < -0.3 is 14.7 Å². The fraction of sp³-hybridized carbons (Fsp3) is 0.647. The van der Waals surface area contributed by atoms with E-state index in [4.69, 9.17) is 16.3 Å². The molecule has 1 fully saturated rings. The molecule has 1 aromatic carbocycles. The third kappa shape index (κ3) is 3.20. The van der Waals surface area contributed by atoms with Gasteiger partial charge in [0.2, 0.25) is 0 Å². The van der Waals surface area contributed by atoms with E-state index in [-0.39, 0.29) is 5.60 Å². The number of hydrogen-bond acceptors (Lipinski definition) is 3. The first-order valence-electron chi connectivity index (χ1n) is 7.86. The van der Waals surface area contributed by atoms with Crippen LogP contribution < -0.4 is 4.74 Å². The van der Waals surface area contributed by atoms with Crippen LogP contribution in [0.15, 0.2) is 18.2 Å². The molecule has 2 heterocycles. The predicted octanol–water partition coefficient (Wildman–Crippen LogP) is 3.65. The Kier molecular flexibility index (Phi) is 4.17. The van der Waals surface area contributed by atoms with E-state index in [1.165, 1.54) is 0 Å². The fourth-order valence-corrected chi connectivity index (χ4v) is 3.76. The molecule has 21 heavy (non-hydrogen) atoms. The van der Waals surface area contributed by atoms with E-state index in [9.17, 15) is 5.11 Å². The van der Waals surface area contributed by atoms with E-state index in [0.717, 1.165) is 43.8 Å². The topological polar surface area (TPSA) is 32.7 Å². The summed E-state index contributed by atoms with van der Waals surface area (Å²) in [5.74, 6) is 1.50. The third-order valence-corrected chi connectivity index (χ3v) is 4.85. The van der Waals surface area contributed by atoms with Crippen molar-refractivity contribution in [3.63, 3.8) is 0 Å². The van der Waals surface area contributed by atoms with E-state index >= 15 is 0 Å². The molecule has 0 unspecified atom stereocenters. The summed E-state index contributed by atoms with van der Waals surface area (Å²) < 4.78 is 6.29. The van der Waals surface area contributed by atoms with Crippen molar-refractivity contribution in [1.29, 1.82) is 0 Å². The van der Waals surface area contributed by atoms with Crippen LogP contribution in [0.3, 0.4) is 0 Å². The molecule has 0 amide bonds. The molecular weight excluding hydrogens is 286 g/mol. The standard InChI is InChI=1S/C17H24ClNO2/c1-12(2)11-19-7-5-17(6-8-19)10-15(20)14-9-13(18)3-4-16(14)21-17/h3-4,9,12,15,20H,5-8,10-11H2,1-2H3/t15-/m0/s1. The van der Waals surface area contributed by atoms with Crippen LogP contribution >= 0.6 is 11.6 Å². The van der Waals surface area contributed by atoms with Gasteiger partial charge in [0.25, 0.3) is 0 Å². The Bertz CT molecular complexity index is 510. The molecule has 0 saturated carbocycles. The van der Waals surface area contributed by atoms with Crippen molar-refractivity contribution >= 4 is 11.6 Å². The minimum Gasteiger partial charge on any atom is -0.487 e. The number of fused-ring (bicyclic) bond motifs is 1. The number of hydrogen-bond donors (Lipinski definition) is 1. The minimum atomic E-state index is -0.468. The SMILES string of the molecule is CC(C)CN1CCC2(CC1)C[C@H](O)c1cc(Cl)ccc1O2. The van der Waals surface area contributed by atoms with E-state index in [1.807, 2.05) is 18.2 Å². The van der Waals surface area contributed by atoms with Crippen LogP contribution in [0.2, 0.25) is 5.02 Å². The van der Waals surface area contributed by atoms with Gasteiger partial charge in [0.15, 0.2) is 0 Å². The van der Waals surface area contributed by atoms with Crippen molar-refractivity contribution < 1.29 is 9.84 Å². The molecule has 2 aliphatic rings. The van der Waals surface area contributed by atoms with Gasteiger partial charge in [0.1, 0.15) is 11.4 Å². The van der Waals surface area contributed by atoms with Crippen LogP contribution in [0.5, 0.6) is 5.75 Å². The summed E-state index contributed by atoms with van der Waals surface area (Å²) in [6.07, 6.45) is 2.18. The lowest BCUT2D eigenvalue weighted by Crippen LogP contribution is -2.51. The number of rotatable bonds is 2. The number of aliphatic hydroxyl groups is 1. The largest absolute Gasteiger partial charge is 0.487 e. The number of benzene rings is 1. The molecule has 2 aliphatic heterocycles. The van der Waals surface area contributed by atoms with E-state index in [1.54, 1.807) is 0 Å². The highest BCUT2D eigenvalue weighted by Crippen LogP contribution is 2.44. The van der Waals surface area contributed by atoms with Gasteiger partial charge in [0.05, 0.1) is 6.10 Å². The van der Waals surface area contributed by atoms with Crippen LogP contribution in [0, 0.1) is 5.92 Å². The highest BCUT2D eigenvalue weighted by Gasteiger charge is 2.42. The molecule has 1 atom stereocenters. The Morgan fingerprint density at radius 2 is 2.10 bits per heavy atom. The van der Waals surface area contributed by atoms with E-state index in [0.29, 0.717) is 17.4 Å². The number of piperidine rings is 1. The van der Waals surface area contributed by atoms with Crippen LogP contribution in [0.1, 0.15) is 44.8 Å². The average molecular weight is 310 g/mol. The number of nitrogens with zero attached hydrogens (tertiary/aromatic N) is 1. The maximum absolute atomic E-state index is 10.5. The Morgan fingerprint density at radius 3 is 2.76 bits per heavy atom. The van der Waals surface area contributed by atoms with Crippen LogP contribution in [-0.4, -0.2) is 35.2 Å². The molecule has 0 aliphatic carbocycles. The van der Waals surface area contributed by atoms with Crippen molar-refractivity contribution in [2.45, 2.75) is 44.8 Å². The molecule has 1 aromatic rings. The molecule has 116 valence electrons. The average Bonchev–Trinajstić information content (AvgIpc) is 2.42. The van der Waals surface area contributed by atoms with E-state index in [2.05, 4.69) is 18.7 Å². The van der Waals surface area contributed by atoms with Crippen molar-refractivity contribution in [3.05, 3.63) is 28.8 Å². The first-order chi connectivity index (χ1) is 9.97. The van der Waals surface area contributed by atoms with Gasteiger partial charge in [0, 0.05) is 36.6 Å². The zero-order chi connectivity index (χ0) is 15.0. The molecule has 1 spiro atoms. The van der Waals surface area contributed by atoms with Gasteiger partial charge >= 0.3 is 0 Å². The fourth-order valence-electron chi connectivity index (χ4n) is 3.58. The second-order valence-corrected chi connectivity index (χ2v) is 7.32. The Labute approximate surface area is 131 Å². The van der Waals surface area contributed by atoms with Crippen LogP contribution in [0.4, 0.5) is 0 Å². The smallest absolute Gasteiger partial charge is 0.126 e. The minimum absolute atomic E-state index is 0.201. The molecule has 1 saturated heterocycles. The van der Waals surface area contributed by atoms with Gasteiger partial charge in [-0.05, 0) is 37.0 Å². The summed E-state index contributed by atoms with van der Waals surface area (Å²) in [4.78, 5) is 2.50. The highest BCUT2D eigenvalue weighted by molar-refractivity contribution is 6.30. The van der Waals surface area contributed by atoms with Crippen molar-refractivity contribution in [2.24, 2.45) is 5.92 Å². The quantitative estimate of drug-likeness (QED) is 0.905. The number of halogens is 1. The third-order valence-electron chi connectivity index (χ3n) is 4.61. The summed E-state index contributed by atoms with van der Waals surface area (Å²) in [6.45, 7) is 7.75. The zero-order valence-electron chi connectivity index (χ0n) is 12.8. The summed E-state index contributed by atoms with van der Waals surface area (Å²) in [7, 11) is 0. The number of ether oxygens (including phenoxy) is 1. The molecular formula is C17H24ClNO2. The normalized spacial score (nSPS) is 24.9. The Hall–Kier alpha value is -0.770. The van der Waals surface area contributed by atoms with Crippen molar-refractivity contribution in [1.82, 2.24) is 4.90 Å². The van der Waals surface area contributed by atoms with Gasteiger partial charge in [-0.25, -0.2) is 0 Å². The second kappa shape index (κ2) is 5.79. The van der Waals surface area contributed by atoms with E-state index < -0.39 is 6.10 Å². The molecule has 3 nitrogen and oxygen atoms in total. The van der Waals surface area contributed by atoms with Crippen molar-refractivity contribution in [3.8, 4) is 5.75 Å². The lowest BCUT2D eigenvalue weighted by Gasteiger charge is -2.46. The lowest BCUT2D eigenvalue weighted by atomic mass is 9.81. The predicted molar refractivity (Wildman–Crippen MR) is 84.9 cm³/mol. The maximum atomic E-state index is 10.5. The summed E-state index contributed by atoms with van der Waals surface area (Å²) in [5, 5.41) is 11.1. The first-order valence-corrected chi connectivity index (χ1v) is 8.24. The van der Waals surface area contributed by atoms with Crippen LogP contribution in [0.25, 0.3) is 0 Å². The number of aliphatic hydroxyl groups excluding tert-OH is 1. The maximum Gasteiger partial charge on any atom is 0.126 e. The second-order valence-electron chi connectivity index (χ2n) is 6.88. The molecule has 0 aromatic heterocycles. The molecule has 3 rings (SSSR count). The van der Waals surface area contributed by atoms with Gasteiger partial charge in [-0.3, -0.25) is 0 Å². The zero-order valence-corrected chi connectivity index (χ0v) is 13.6. The first kappa shape index (κ1) is 15.1. The Morgan fingerprint density at radius 1 is 1.38 bits per heavy atom. The highest BCUT2D eigenvalue weighted by atomic mass is 35.5. The summed E-state index contributed by atoms with van der Waals surface area (Å²) in [5.41, 5.74) is 0.631. The summed E-state index contributed by atoms with van der Waals surface area (Å²) in [6, 6.07) is 5.55. The van der Waals surface area contributed by atoms with Gasteiger partial charge in [-0.2, -0.15) is 0 Å². The van der Waals surface area contributed by atoms with Gasteiger partial charge in [-0.15, -0.1) is 0 Å². The Balaban J connectivity index is 1.73. The van der Waals surface area contributed by atoms with Crippen molar-refractivity contribution in [2.75, 3.05) is 19.6 Å². The molecule has 4 heteroatoms. The van der Waals surface area contributed by atoms with Gasteiger partial charge in [-0.1, -0.05) is 25.4 Å². The molecule has 0 bridgehead atoms.